The first-order valence-corrected chi connectivity index (χ1v) is 8.48. The molecule has 1 aromatic rings. The van der Waals surface area contributed by atoms with Gasteiger partial charge in [-0.25, -0.2) is 0 Å². The molecule has 2 aliphatic rings. The van der Waals surface area contributed by atoms with Gasteiger partial charge in [0.2, 0.25) is 5.91 Å². The van der Waals surface area contributed by atoms with Crippen molar-refractivity contribution in [3.8, 4) is 0 Å². The van der Waals surface area contributed by atoms with Crippen LogP contribution in [0.15, 0.2) is 24.3 Å². The zero-order chi connectivity index (χ0) is 15.5. The Kier molecular flexibility index (Phi) is 4.79. The van der Waals surface area contributed by atoms with Gasteiger partial charge in [0.25, 0.3) is 0 Å². The second-order valence-corrected chi connectivity index (χ2v) is 6.51. The van der Waals surface area contributed by atoms with E-state index in [0.29, 0.717) is 5.91 Å². The van der Waals surface area contributed by atoms with Gasteiger partial charge in [0.15, 0.2) is 0 Å². The maximum Gasteiger partial charge on any atom is 0.230 e. The van der Waals surface area contributed by atoms with E-state index >= 15 is 0 Å². The number of benzene rings is 1. The predicted molar refractivity (Wildman–Crippen MR) is 88.0 cm³/mol. The number of anilines is 1. The largest absolute Gasteiger partial charge is 0.392 e. The normalized spacial score (nSPS) is 20.9. The fourth-order valence-electron chi connectivity index (χ4n) is 3.58. The van der Waals surface area contributed by atoms with Gasteiger partial charge in [-0.3, -0.25) is 4.79 Å². The van der Waals surface area contributed by atoms with Crippen LogP contribution in [-0.4, -0.2) is 48.2 Å². The molecule has 1 N–H and O–H groups in total. The molecule has 2 heterocycles. The Balaban J connectivity index is 1.57. The molecular formula is C18H26N2O2. The van der Waals surface area contributed by atoms with Crippen LogP contribution in [0, 0.1) is 5.92 Å². The maximum absolute atomic E-state index is 12.8. The molecule has 0 bridgehead atoms. The number of fused-ring (bicyclic) bond motifs is 1. The van der Waals surface area contributed by atoms with Crippen LogP contribution in [-0.2, 0) is 11.2 Å². The van der Waals surface area contributed by atoms with Gasteiger partial charge in [-0.2, -0.15) is 0 Å². The molecular weight excluding hydrogens is 276 g/mol. The van der Waals surface area contributed by atoms with Crippen molar-refractivity contribution < 1.29 is 9.90 Å². The third-order valence-electron chi connectivity index (χ3n) is 5.03. The van der Waals surface area contributed by atoms with E-state index in [-0.39, 0.29) is 12.0 Å². The number of aliphatic hydroxyl groups excluding tert-OH is 1. The fourth-order valence-corrected chi connectivity index (χ4v) is 3.58. The smallest absolute Gasteiger partial charge is 0.230 e. The summed E-state index contributed by atoms with van der Waals surface area (Å²) in [5.41, 5.74) is 2.40. The van der Waals surface area contributed by atoms with Gasteiger partial charge in [-0.05, 0) is 50.4 Å². The Morgan fingerprint density at radius 1 is 1.27 bits per heavy atom. The van der Waals surface area contributed by atoms with Crippen LogP contribution >= 0.6 is 0 Å². The lowest BCUT2D eigenvalue weighted by Gasteiger charge is -2.34. The monoisotopic (exact) mass is 302 g/mol. The molecule has 1 atom stereocenters. The number of likely N-dealkylation sites (tertiary alicyclic amines) is 1. The van der Waals surface area contributed by atoms with Gasteiger partial charge in [0, 0.05) is 24.7 Å². The number of piperidine rings is 1. The summed E-state index contributed by atoms with van der Waals surface area (Å²) in [6.07, 6.45) is 3.35. The summed E-state index contributed by atoms with van der Waals surface area (Å²) in [5, 5.41) is 9.75. The van der Waals surface area contributed by atoms with E-state index < -0.39 is 0 Å². The minimum atomic E-state index is -0.238. The third-order valence-corrected chi connectivity index (χ3v) is 5.03. The molecule has 1 saturated heterocycles. The van der Waals surface area contributed by atoms with Crippen LogP contribution in [0.5, 0.6) is 0 Å². The first-order chi connectivity index (χ1) is 10.7. The topological polar surface area (TPSA) is 43.8 Å². The highest BCUT2D eigenvalue weighted by Crippen LogP contribution is 2.30. The van der Waals surface area contributed by atoms with Crippen molar-refractivity contribution in [1.82, 2.24) is 4.90 Å². The number of carbonyl (C=O) groups is 1. The summed E-state index contributed by atoms with van der Waals surface area (Å²) < 4.78 is 0. The minimum absolute atomic E-state index is 0.140. The van der Waals surface area contributed by atoms with E-state index in [1.807, 2.05) is 24.0 Å². The Morgan fingerprint density at radius 2 is 2.00 bits per heavy atom. The molecule has 4 heteroatoms. The molecule has 2 aliphatic heterocycles. The zero-order valence-corrected chi connectivity index (χ0v) is 13.4. The molecule has 1 amide bonds. The lowest BCUT2D eigenvalue weighted by atomic mass is 9.95. The lowest BCUT2D eigenvalue weighted by molar-refractivity contribution is -0.123. The van der Waals surface area contributed by atoms with E-state index in [9.17, 15) is 9.90 Å². The quantitative estimate of drug-likeness (QED) is 0.926. The van der Waals surface area contributed by atoms with Gasteiger partial charge in [0.1, 0.15) is 0 Å². The molecule has 0 radical (unpaired) electrons. The van der Waals surface area contributed by atoms with Crippen molar-refractivity contribution in [3.05, 3.63) is 29.8 Å². The van der Waals surface area contributed by atoms with Gasteiger partial charge in [0.05, 0.1) is 6.10 Å². The molecule has 0 saturated carbocycles. The zero-order valence-electron chi connectivity index (χ0n) is 13.4. The van der Waals surface area contributed by atoms with Gasteiger partial charge < -0.3 is 14.9 Å². The van der Waals surface area contributed by atoms with Gasteiger partial charge >= 0.3 is 0 Å². The Labute approximate surface area is 132 Å². The van der Waals surface area contributed by atoms with Crippen molar-refractivity contribution in [1.29, 1.82) is 0 Å². The summed E-state index contributed by atoms with van der Waals surface area (Å²) in [6, 6.07) is 8.24. The van der Waals surface area contributed by atoms with Crippen molar-refractivity contribution in [2.75, 3.05) is 31.1 Å². The number of amides is 1. The first kappa shape index (κ1) is 15.5. The average Bonchev–Trinajstić information content (AvgIpc) is 2.99. The van der Waals surface area contributed by atoms with Crippen LogP contribution in [0.2, 0.25) is 0 Å². The van der Waals surface area contributed by atoms with Crippen LogP contribution in [0.25, 0.3) is 0 Å². The highest BCUT2D eigenvalue weighted by molar-refractivity contribution is 5.97. The molecule has 4 nitrogen and oxygen atoms in total. The van der Waals surface area contributed by atoms with E-state index in [0.717, 1.165) is 57.5 Å². The summed E-state index contributed by atoms with van der Waals surface area (Å²) >= 11 is 0. The van der Waals surface area contributed by atoms with Crippen LogP contribution in [0.1, 0.15) is 31.7 Å². The third kappa shape index (κ3) is 3.18. The average molecular weight is 302 g/mol. The van der Waals surface area contributed by atoms with Crippen molar-refractivity contribution in [2.45, 2.75) is 38.7 Å². The number of carbonyl (C=O) groups excluding carboxylic acids is 1. The Hall–Kier alpha value is -1.39. The highest BCUT2D eigenvalue weighted by atomic mass is 16.3. The molecule has 3 rings (SSSR count). The Morgan fingerprint density at radius 3 is 2.73 bits per heavy atom. The van der Waals surface area contributed by atoms with Crippen molar-refractivity contribution in [3.63, 3.8) is 0 Å². The lowest BCUT2D eigenvalue weighted by Crippen LogP contribution is -2.44. The Bertz CT molecular complexity index is 524. The second-order valence-electron chi connectivity index (χ2n) is 6.51. The SMILES string of the molecule is CC[C@@H](O)CN1CCC(C(=O)N2CCc3ccccc32)CC1. The number of β-amino-alcohol motifs (C(OH)–C–C–N with tert-alkyl or cyclic N) is 1. The maximum atomic E-state index is 12.8. The number of hydrogen-bond acceptors (Lipinski definition) is 3. The number of para-hydroxylation sites is 1. The molecule has 120 valence electrons. The fraction of sp³-hybridized carbons (Fsp3) is 0.611. The number of nitrogens with zero attached hydrogens (tertiary/aromatic N) is 2. The first-order valence-electron chi connectivity index (χ1n) is 8.48. The van der Waals surface area contributed by atoms with Crippen molar-refractivity contribution >= 4 is 11.6 Å². The number of hydrogen-bond donors (Lipinski definition) is 1. The molecule has 22 heavy (non-hydrogen) atoms. The van der Waals surface area contributed by atoms with Crippen LogP contribution in [0.4, 0.5) is 5.69 Å². The predicted octanol–water partition coefficient (Wildman–Crippen LogP) is 2.06. The minimum Gasteiger partial charge on any atom is -0.392 e. The van der Waals surface area contributed by atoms with Gasteiger partial charge in [-0.15, -0.1) is 0 Å². The molecule has 0 unspecified atom stereocenters. The molecule has 0 spiro atoms. The van der Waals surface area contributed by atoms with E-state index in [1.54, 1.807) is 0 Å². The highest BCUT2D eigenvalue weighted by Gasteiger charge is 2.32. The standard InChI is InChI=1S/C18H26N2O2/c1-2-16(21)13-19-10-7-15(8-11-19)18(22)20-12-9-14-5-3-4-6-17(14)20/h3-6,15-16,21H,2,7-13H2,1H3/t16-/m1/s1. The summed E-state index contributed by atoms with van der Waals surface area (Å²) in [4.78, 5) is 17.1. The number of aliphatic hydroxyl groups is 1. The second kappa shape index (κ2) is 6.80. The molecule has 1 aromatic carbocycles. The molecule has 1 fully saturated rings. The number of rotatable bonds is 4. The van der Waals surface area contributed by atoms with Crippen LogP contribution in [0.3, 0.4) is 0 Å². The van der Waals surface area contributed by atoms with E-state index in [2.05, 4.69) is 17.0 Å². The molecule has 0 aromatic heterocycles. The summed E-state index contributed by atoms with van der Waals surface area (Å²) in [6.45, 7) is 5.41. The summed E-state index contributed by atoms with van der Waals surface area (Å²) in [5.74, 6) is 0.432. The summed E-state index contributed by atoms with van der Waals surface area (Å²) in [7, 11) is 0. The van der Waals surface area contributed by atoms with Crippen LogP contribution < -0.4 is 4.90 Å². The van der Waals surface area contributed by atoms with Gasteiger partial charge in [-0.1, -0.05) is 25.1 Å². The van der Waals surface area contributed by atoms with Crippen molar-refractivity contribution in [2.24, 2.45) is 5.92 Å². The molecule has 0 aliphatic carbocycles. The van der Waals surface area contributed by atoms with E-state index in [1.165, 1.54) is 5.56 Å². The van der Waals surface area contributed by atoms with E-state index in [4.69, 9.17) is 0 Å².